The molecule has 9 heteroatoms. The standard InChI is InChI=1S/C22H24N4O5/c1-13(27)23-17-9-15(10-18(11-17)24-14(2)28)22(30)25-16-6-7-19(20(12-16)31-3)26-8-4-5-21(26)29/h6-7,9-12H,4-5,8H2,1-3H3,(H,23,27)(H,24,28)(H,25,30). The Hall–Kier alpha value is -3.88. The van der Waals surface area contributed by atoms with Crippen molar-refractivity contribution in [2.24, 2.45) is 0 Å². The molecule has 2 aromatic rings. The highest BCUT2D eigenvalue weighted by molar-refractivity contribution is 6.07. The minimum Gasteiger partial charge on any atom is -0.494 e. The second-order valence-electron chi connectivity index (χ2n) is 7.15. The largest absolute Gasteiger partial charge is 0.494 e. The van der Waals surface area contributed by atoms with E-state index < -0.39 is 5.91 Å². The van der Waals surface area contributed by atoms with E-state index in [-0.39, 0.29) is 23.3 Å². The molecule has 1 saturated heterocycles. The first kappa shape index (κ1) is 21.8. The summed E-state index contributed by atoms with van der Waals surface area (Å²) in [6.07, 6.45) is 1.30. The van der Waals surface area contributed by atoms with Gasteiger partial charge < -0.3 is 25.6 Å². The molecule has 2 aromatic carbocycles. The van der Waals surface area contributed by atoms with Gasteiger partial charge in [0.1, 0.15) is 5.75 Å². The van der Waals surface area contributed by atoms with Crippen LogP contribution in [0.5, 0.6) is 5.75 Å². The molecule has 9 nitrogen and oxygen atoms in total. The van der Waals surface area contributed by atoms with Crippen LogP contribution in [0.1, 0.15) is 37.0 Å². The van der Waals surface area contributed by atoms with Gasteiger partial charge in [-0.25, -0.2) is 0 Å². The van der Waals surface area contributed by atoms with Crippen molar-refractivity contribution in [1.82, 2.24) is 0 Å². The van der Waals surface area contributed by atoms with Crippen LogP contribution < -0.4 is 25.6 Å². The van der Waals surface area contributed by atoms with Gasteiger partial charge in [-0.1, -0.05) is 0 Å². The molecule has 3 N–H and O–H groups in total. The zero-order valence-corrected chi connectivity index (χ0v) is 17.6. The van der Waals surface area contributed by atoms with E-state index in [1.807, 2.05) is 0 Å². The first-order valence-corrected chi connectivity index (χ1v) is 9.77. The predicted molar refractivity (Wildman–Crippen MR) is 118 cm³/mol. The zero-order chi connectivity index (χ0) is 22.5. The van der Waals surface area contributed by atoms with Crippen molar-refractivity contribution < 1.29 is 23.9 Å². The van der Waals surface area contributed by atoms with Crippen LogP contribution in [-0.4, -0.2) is 37.3 Å². The molecule has 0 aliphatic carbocycles. The fraction of sp³-hybridized carbons (Fsp3) is 0.273. The summed E-state index contributed by atoms with van der Waals surface area (Å²) < 4.78 is 5.42. The van der Waals surface area contributed by atoms with Crippen LogP contribution in [0.25, 0.3) is 0 Å². The first-order valence-electron chi connectivity index (χ1n) is 9.77. The van der Waals surface area contributed by atoms with Gasteiger partial charge in [0.25, 0.3) is 5.91 Å². The summed E-state index contributed by atoms with van der Waals surface area (Å²) in [6, 6.07) is 9.64. The molecule has 0 spiro atoms. The van der Waals surface area contributed by atoms with Gasteiger partial charge in [-0.05, 0) is 36.8 Å². The third-order valence-electron chi connectivity index (χ3n) is 4.64. The number of ether oxygens (including phenoxy) is 1. The number of hydrogen-bond acceptors (Lipinski definition) is 5. The summed E-state index contributed by atoms with van der Waals surface area (Å²) in [5.41, 5.74) is 2.13. The SMILES string of the molecule is COc1cc(NC(=O)c2cc(NC(C)=O)cc(NC(C)=O)c2)ccc1N1CCCC1=O. The summed E-state index contributed by atoms with van der Waals surface area (Å²) in [5, 5.41) is 8.00. The Morgan fingerprint density at radius 3 is 2.06 bits per heavy atom. The molecule has 1 fully saturated rings. The number of methoxy groups -OCH3 is 1. The first-order chi connectivity index (χ1) is 14.8. The second kappa shape index (κ2) is 9.29. The van der Waals surface area contributed by atoms with E-state index in [9.17, 15) is 19.2 Å². The molecule has 162 valence electrons. The lowest BCUT2D eigenvalue weighted by Crippen LogP contribution is -2.24. The Labute approximate surface area is 179 Å². The number of nitrogens with zero attached hydrogens (tertiary/aromatic N) is 1. The molecule has 0 saturated carbocycles. The molecule has 31 heavy (non-hydrogen) atoms. The van der Waals surface area contributed by atoms with E-state index in [1.165, 1.54) is 33.1 Å². The molecule has 1 aliphatic rings. The van der Waals surface area contributed by atoms with Gasteiger partial charge in [-0.3, -0.25) is 19.2 Å². The van der Waals surface area contributed by atoms with Crippen LogP contribution in [0.2, 0.25) is 0 Å². The molecule has 3 rings (SSSR count). The second-order valence-corrected chi connectivity index (χ2v) is 7.15. The normalized spacial score (nSPS) is 13.0. The number of nitrogens with one attached hydrogen (secondary N) is 3. The van der Waals surface area contributed by atoms with Crippen LogP contribution in [0.4, 0.5) is 22.7 Å². The molecule has 0 atom stereocenters. The third kappa shape index (κ3) is 5.39. The molecule has 1 heterocycles. The molecule has 0 aromatic heterocycles. The van der Waals surface area contributed by atoms with Crippen molar-refractivity contribution in [1.29, 1.82) is 0 Å². The number of amides is 4. The molecule has 0 unspecified atom stereocenters. The van der Waals surface area contributed by atoms with Gasteiger partial charge in [0.2, 0.25) is 17.7 Å². The lowest BCUT2D eigenvalue weighted by Gasteiger charge is -2.19. The van der Waals surface area contributed by atoms with Crippen molar-refractivity contribution in [3.63, 3.8) is 0 Å². The Kier molecular flexibility index (Phi) is 6.54. The summed E-state index contributed by atoms with van der Waals surface area (Å²) in [6.45, 7) is 3.33. The van der Waals surface area contributed by atoms with Crippen LogP contribution >= 0.6 is 0 Å². The van der Waals surface area contributed by atoms with E-state index in [4.69, 9.17) is 4.74 Å². The minimum atomic E-state index is -0.439. The highest BCUT2D eigenvalue weighted by atomic mass is 16.5. The van der Waals surface area contributed by atoms with E-state index >= 15 is 0 Å². The Morgan fingerprint density at radius 1 is 0.903 bits per heavy atom. The summed E-state index contributed by atoms with van der Waals surface area (Å²) in [4.78, 5) is 49.4. The van der Waals surface area contributed by atoms with Gasteiger partial charge in [0.15, 0.2) is 0 Å². The number of carbonyl (C=O) groups excluding carboxylic acids is 4. The molecule has 0 radical (unpaired) electrons. The summed E-state index contributed by atoms with van der Waals surface area (Å²) in [7, 11) is 1.50. The monoisotopic (exact) mass is 424 g/mol. The van der Waals surface area contributed by atoms with Crippen molar-refractivity contribution >= 4 is 46.4 Å². The van der Waals surface area contributed by atoms with Crippen molar-refractivity contribution in [2.45, 2.75) is 26.7 Å². The fourth-order valence-corrected chi connectivity index (χ4v) is 3.39. The summed E-state index contributed by atoms with van der Waals surface area (Å²) >= 11 is 0. The predicted octanol–water partition coefficient (Wildman–Crippen LogP) is 2.99. The Balaban J connectivity index is 1.85. The average molecular weight is 424 g/mol. The van der Waals surface area contributed by atoms with Crippen LogP contribution in [0.15, 0.2) is 36.4 Å². The number of anilines is 4. The quantitative estimate of drug-likeness (QED) is 0.659. The Bertz CT molecular complexity index is 1020. The van der Waals surface area contributed by atoms with Crippen LogP contribution in [0, 0.1) is 0 Å². The van der Waals surface area contributed by atoms with Gasteiger partial charge in [0, 0.05) is 55.5 Å². The minimum absolute atomic E-state index is 0.0374. The maximum absolute atomic E-state index is 12.8. The van der Waals surface area contributed by atoms with Crippen LogP contribution in [-0.2, 0) is 14.4 Å². The van der Waals surface area contributed by atoms with Gasteiger partial charge in [0.05, 0.1) is 12.8 Å². The molecule has 1 aliphatic heterocycles. The van der Waals surface area contributed by atoms with Crippen molar-refractivity contribution in [3.05, 3.63) is 42.0 Å². The van der Waals surface area contributed by atoms with Gasteiger partial charge >= 0.3 is 0 Å². The number of hydrogen-bond donors (Lipinski definition) is 3. The van der Waals surface area contributed by atoms with Crippen molar-refractivity contribution in [3.8, 4) is 5.75 Å². The number of benzene rings is 2. The molecular weight excluding hydrogens is 400 g/mol. The summed E-state index contributed by atoms with van der Waals surface area (Å²) in [5.74, 6) is -0.536. The smallest absolute Gasteiger partial charge is 0.255 e. The third-order valence-corrected chi connectivity index (χ3v) is 4.64. The zero-order valence-electron chi connectivity index (χ0n) is 17.6. The van der Waals surface area contributed by atoms with Crippen LogP contribution in [0.3, 0.4) is 0 Å². The maximum Gasteiger partial charge on any atom is 0.255 e. The average Bonchev–Trinajstić information content (AvgIpc) is 3.12. The molecule has 0 bridgehead atoms. The topological polar surface area (TPSA) is 117 Å². The lowest BCUT2D eigenvalue weighted by atomic mass is 10.1. The maximum atomic E-state index is 12.8. The highest BCUT2D eigenvalue weighted by Gasteiger charge is 2.24. The van der Waals surface area contributed by atoms with E-state index in [2.05, 4.69) is 16.0 Å². The Morgan fingerprint density at radius 2 is 1.55 bits per heavy atom. The fourth-order valence-electron chi connectivity index (χ4n) is 3.39. The molecule has 4 amide bonds. The molecular formula is C22H24N4O5. The van der Waals surface area contributed by atoms with E-state index in [0.29, 0.717) is 41.5 Å². The lowest BCUT2D eigenvalue weighted by molar-refractivity contribution is -0.117. The van der Waals surface area contributed by atoms with E-state index in [0.717, 1.165) is 6.42 Å². The number of rotatable bonds is 6. The van der Waals surface area contributed by atoms with Crippen molar-refractivity contribution in [2.75, 3.05) is 34.5 Å². The van der Waals surface area contributed by atoms with Gasteiger partial charge in [-0.2, -0.15) is 0 Å². The van der Waals surface area contributed by atoms with Gasteiger partial charge in [-0.15, -0.1) is 0 Å². The highest BCUT2D eigenvalue weighted by Crippen LogP contribution is 2.34. The number of carbonyl (C=O) groups is 4. The van der Waals surface area contributed by atoms with E-state index in [1.54, 1.807) is 29.2 Å².